The zero-order valence-corrected chi connectivity index (χ0v) is 19.9. The van der Waals surface area contributed by atoms with Gasteiger partial charge in [-0.25, -0.2) is 4.98 Å². The van der Waals surface area contributed by atoms with Gasteiger partial charge >= 0.3 is 0 Å². The first kappa shape index (κ1) is 22.8. The predicted octanol–water partition coefficient (Wildman–Crippen LogP) is 5.75. The average Bonchev–Trinajstić information content (AvgIpc) is 2.91. The van der Waals surface area contributed by atoms with E-state index in [2.05, 4.69) is 9.88 Å². The Hall–Kier alpha value is -3.96. The number of allylic oxidation sites excluding steroid dienone is 1. The average molecular weight is 482 g/mol. The van der Waals surface area contributed by atoms with Crippen molar-refractivity contribution in [3.05, 3.63) is 113 Å². The number of hydrogen-bond donors (Lipinski definition) is 0. The van der Waals surface area contributed by atoms with Crippen LogP contribution in [0.3, 0.4) is 0 Å². The Balaban J connectivity index is 1.19. The van der Waals surface area contributed by atoms with E-state index in [0.29, 0.717) is 29.4 Å². The summed E-state index contributed by atoms with van der Waals surface area (Å²) in [5.74, 6) is -0.142. The largest absolute Gasteiger partial charge is 0.368 e. The van der Waals surface area contributed by atoms with Gasteiger partial charge in [-0.1, -0.05) is 60.1 Å². The van der Waals surface area contributed by atoms with Gasteiger partial charge in [-0.2, -0.15) is 0 Å². The maximum absolute atomic E-state index is 13.0. The van der Waals surface area contributed by atoms with Gasteiger partial charge in [-0.15, -0.1) is 0 Å². The first-order valence-electron chi connectivity index (χ1n) is 11.5. The molecular formula is C29H24ClN3O2. The van der Waals surface area contributed by atoms with E-state index in [9.17, 15) is 9.59 Å². The third-order valence-corrected chi connectivity index (χ3v) is 6.41. The molecule has 1 aliphatic heterocycles. The molecule has 0 aliphatic carbocycles. The molecule has 4 aromatic rings. The summed E-state index contributed by atoms with van der Waals surface area (Å²) in [5.41, 5.74) is 3.77. The summed E-state index contributed by atoms with van der Waals surface area (Å²) in [7, 11) is 0. The van der Waals surface area contributed by atoms with Crippen LogP contribution < -0.4 is 4.90 Å². The quantitative estimate of drug-likeness (QED) is 0.269. The lowest BCUT2D eigenvalue weighted by atomic mass is 10.1. The number of anilines is 1. The van der Waals surface area contributed by atoms with E-state index in [0.717, 1.165) is 35.2 Å². The van der Waals surface area contributed by atoms with Crippen LogP contribution in [-0.2, 0) is 0 Å². The van der Waals surface area contributed by atoms with E-state index in [1.54, 1.807) is 12.1 Å². The van der Waals surface area contributed by atoms with Crippen LogP contribution in [0, 0.1) is 0 Å². The summed E-state index contributed by atoms with van der Waals surface area (Å²) in [6.45, 7) is 2.83. The van der Waals surface area contributed by atoms with Crippen LogP contribution >= 0.6 is 11.6 Å². The summed E-state index contributed by atoms with van der Waals surface area (Å²) >= 11 is 6.11. The number of ketones is 1. The number of piperazine rings is 1. The van der Waals surface area contributed by atoms with Crippen LogP contribution in [0.1, 0.15) is 26.4 Å². The van der Waals surface area contributed by atoms with Crippen LogP contribution in [-0.4, -0.2) is 47.8 Å². The van der Waals surface area contributed by atoms with Gasteiger partial charge in [-0.05, 0) is 54.1 Å². The number of para-hydroxylation sites is 1. The molecule has 0 spiro atoms. The van der Waals surface area contributed by atoms with Crippen molar-refractivity contribution in [3.63, 3.8) is 0 Å². The van der Waals surface area contributed by atoms with Crippen LogP contribution in [0.15, 0.2) is 91.0 Å². The zero-order valence-electron chi connectivity index (χ0n) is 19.1. The molecule has 5 nitrogen and oxygen atoms in total. The van der Waals surface area contributed by atoms with Gasteiger partial charge in [0.25, 0.3) is 5.91 Å². The molecule has 1 aliphatic rings. The van der Waals surface area contributed by atoms with Crippen LogP contribution in [0.2, 0.25) is 5.02 Å². The highest BCUT2D eigenvalue weighted by Gasteiger charge is 2.22. The number of benzene rings is 3. The molecule has 0 radical (unpaired) electrons. The predicted molar refractivity (Wildman–Crippen MR) is 141 cm³/mol. The molecule has 35 heavy (non-hydrogen) atoms. The second-order valence-corrected chi connectivity index (χ2v) is 8.90. The SMILES string of the molecule is O=C(C=Cc1ccc(C(=O)N2CCN(c3cccc(Cl)c3)CC2)cc1)c1ccc2ccccc2n1. The molecule has 3 aromatic carbocycles. The summed E-state index contributed by atoms with van der Waals surface area (Å²) in [5, 5.41) is 1.71. The fourth-order valence-corrected chi connectivity index (χ4v) is 4.41. The van der Waals surface area contributed by atoms with Crippen molar-refractivity contribution < 1.29 is 9.59 Å². The molecule has 0 saturated carbocycles. The standard InChI is InChI=1S/C29H24ClN3O2/c30-24-5-3-6-25(20-24)32-16-18-33(19-17-32)29(35)23-11-8-21(9-12-23)10-15-28(34)27-14-13-22-4-1-2-7-26(22)31-27/h1-15,20H,16-19H2. The molecule has 1 amide bonds. The van der Waals surface area contributed by atoms with Crippen molar-refractivity contribution in [2.45, 2.75) is 0 Å². The Bertz CT molecular complexity index is 1410. The molecule has 2 heterocycles. The Kier molecular flexibility index (Phi) is 6.59. The normalized spacial score (nSPS) is 14.0. The van der Waals surface area contributed by atoms with Crippen molar-refractivity contribution in [2.24, 2.45) is 0 Å². The maximum Gasteiger partial charge on any atom is 0.253 e. The number of rotatable bonds is 5. The monoisotopic (exact) mass is 481 g/mol. The molecule has 1 saturated heterocycles. The van der Waals surface area contributed by atoms with E-state index in [-0.39, 0.29) is 11.7 Å². The van der Waals surface area contributed by atoms with E-state index in [4.69, 9.17) is 11.6 Å². The van der Waals surface area contributed by atoms with E-state index in [1.807, 2.05) is 83.8 Å². The second kappa shape index (κ2) is 10.1. The van der Waals surface area contributed by atoms with Crippen LogP contribution in [0.25, 0.3) is 17.0 Å². The Morgan fingerprint density at radius 1 is 0.829 bits per heavy atom. The van der Waals surface area contributed by atoms with Gasteiger partial charge in [-0.3, -0.25) is 9.59 Å². The van der Waals surface area contributed by atoms with Gasteiger partial charge < -0.3 is 9.80 Å². The number of halogens is 1. The highest BCUT2D eigenvalue weighted by molar-refractivity contribution is 6.30. The van der Waals surface area contributed by atoms with Crippen molar-refractivity contribution in [1.29, 1.82) is 0 Å². The van der Waals surface area contributed by atoms with Gasteiger partial charge in [0, 0.05) is 47.8 Å². The lowest BCUT2D eigenvalue weighted by molar-refractivity contribution is 0.0746. The van der Waals surface area contributed by atoms with E-state index < -0.39 is 0 Å². The van der Waals surface area contributed by atoms with E-state index >= 15 is 0 Å². The number of fused-ring (bicyclic) bond motifs is 1. The minimum Gasteiger partial charge on any atom is -0.368 e. The van der Waals surface area contributed by atoms with Crippen molar-refractivity contribution in [2.75, 3.05) is 31.1 Å². The van der Waals surface area contributed by atoms with Crippen LogP contribution in [0.5, 0.6) is 0 Å². The number of pyridine rings is 1. The molecule has 6 heteroatoms. The number of amides is 1. The number of hydrogen-bond acceptors (Lipinski definition) is 4. The third kappa shape index (κ3) is 5.26. The van der Waals surface area contributed by atoms with Crippen molar-refractivity contribution in [3.8, 4) is 0 Å². The third-order valence-electron chi connectivity index (χ3n) is 6.18. The van der Waals surface area contributed by atoms with Gasteiger partial charge in [0.05, 0.1) is 5.52 Å². The molecule has 174 valence electrons. The molecule has 5 rings (SSSR count). The van der Waals surface area contributed by atoms with Crippen LogP contribution in [0.4, 0.5) is 5.69 Å². The lowest BCUT2D eigenvalue weighted by Gasteiger charge is -2.36. The molecule has 1 aromatic heterocycles. The maximum atomic E-state index is 13.0. The minimum atomic E-state index is -0.159. The molecule has 0 N–H and O–H groups in total. The van der Waals surface area contributed by atoms with Crippen molar-refractivity contribution in [1.82, 2.24) is 9.88 Å². The molecular weight excluding hydrogens is 458 g/mol. The number of aromatic nitrogens is 1. The van der Waals surface area contributed by atoms with Crippen molar-refractivity contribution >= 4 is 46.0 Å². The first-order valence-corrected chi connectivity index (χ1v) is 11.9. The Labute approximate surface area is 209 Å². The van der Waals surface area contributed by atoms with E-state index in [1.165, 1.54) is 6.08 Å². The summed E-state index contributed by atoms with van der Waals surface area (Å²) in [6, 6.07) is 26.5. The molecule has 1 fully saturated rings. The molecule has 0 bridgehead atoms. The summed E-state index contributed by atoms with van der Waals surface area (Å²) in [6.07, 6.45) is 3.26. The lowest BCUT2D eigenvalue weighted by Crippen LogP contribution is -2.48. The Morgan fingerprint density at radius 3 is 2.37 bits per heavy atom. The number of carbonyl (C=O) groups is 2. The van der Waals surface area contributed by atoms with Gasteiger partial charge in [0.15, 0.2) is 0 Å². The minimum absolute atomic E-state index is 0.0164. The van der Waals surface area contributed by atoms with Gasteiger partial charge in [0.2, 0.25) is 5.78 Å². The summed E-state index contributed by atoms with van der Waals surface area (Å²) in [4.78, 5) is 34.1. The highest BCUT2D eigenvalue weighted by atomic mass is 35.5. The number of nitrogens with zero attached hydrogens (tertiary/aromatic N) is 3. The second-order valence-electron chi connectivity index (χ2n) is 8.47. The molecule has 0 unspecified atom stereocenters. The highest BCUT2D eigenvalue weighted by Crippen LogP contribution is 2.21. The topological polar surface area (TPSA) is 53.5 Å². The Morgan fingerprint density at radius 2 is 1.60 bits per heavy atom. The fraction of sp³-hybridized carbons (Fsp3) is 0.138. The first-order chi connectivity index (χ1) is 17.1. The summed E-state index contributed by atoms with van der Waals surface area (Å²) < 4.78 is 0. The number of carbonyl (C=O) groups excluding carboxylic acids is 2. The van der Waals surface area contributed by atoms with Gasteiger partial charge in [0.1, 0.15) is 5.69 Å². The zero-order chi connectivity index (χ0) is 24.2. The fourth-order valence-electron chi connectivity index (χ4n) is 4.22. The smallest absolute Gasteiger partial charge is 0.253 e. The molecule has 0 atom stereocenters.